The smallest absolute Gasteiger partial charge is 0.347 e. The van der Waals surface area contributed by atoms with Gasteiger partial charge >= 0.3 is 17.1 Å². The molecule has 0 unspecified atom stereocenters. The second kappa shape index (κ2) is 4.12. The zero-order chi connectivity index (χ0) is 14.2. The molecule has 0 fully saturated rings. The average Bonchev–Trinajstić information content (AvgIpc) is 2.14. The molecule has 0 saturated carbocycles. The molecular weight excluding hydrogens is 252 g/mol. The number of nitro benzene ring substituents is 3. The summed E-state index contributed by atoms with van der Waals surface area (Å²) < 4.78 is 0. The Balaban J connectivity index is 3.94. The molecule has 0 saturated heterocycles. The molecule has 96 valence electrons. The van der Waals surface area contributed by atoms with Gasteiger partial charge in [-0.05, 0) is 6.92 Å². The predicted octanol–water partition coefficient (Wildman–Crippen LogP) is 1.01. The van der Waals surface area contributed by atoms with Crippen molar-refractivity contribution in [2.75, 3.05) is 5.73 Å². The van der Waals surface area contributed by atoms with Crippen LogP contribution in [-0.4, -0.2) is 19.9 Å². The third-order valence-corrected chi connectivity index (χ3v) is 2.22. The molecule has 1 aromatic rings. The van der Waals surface area contributed by atoms with Gasteiger partial charge in [-0.2, -0.15) is 0 Å². The lowest BCUT2D eigenvalue weighted by atomic mass is 10.1. The zero-order valence-corrected chi connectivity index (χ0v) is 8.82. The molecule has 1 aromatic carbocycles. The normalized spacial score (nSPS) is 10.1. The first-order valence-corrected chi connectivity index (χ1v) is 4.28. The molecular formula is C7H6N4O7. The maximum Gasteiger partial charge on any atom is 0.347 e. The third kappa shape index (κ3) is 1.73. The van der Waals surface area contributed by atoms with Crippen LogP contribution in [0.2, 0.25) is 0 Å². The van der Waals surface area contributed by atoms with Crippen molar-refractivity contribution in [1.29, 1.82) is 0 Å². The minimum atomic E-state index is -1.30. The Bertz CT molecular complexity index is 480. The monoisotopic (exact) mass is 258 g/mol. The number of phenolic OH excluding ortho intramolecular Hbond substituents is 1. The zero-order valence-electron chi connectivity index (χ0n) is 8.82. The highest BCUT2D eigenvalue weighted by atomic mass is 16.6. The van der Waals surface area contributed by atoms with Gasteiger partial charge < -0.3 is 10.8 Å². The van der Waals surface area contributed by atoms with E-state index in [1.165, 1.54) is 0 Å². The Labute approximate surface area is 97.9 Å². The lowest BCUT2D eigenvalue weighted by Crippen LogP contribution is -2.06. The lowest BCUT2D eigenvalue weighted by molar-refractivity contribution is -0.404. The van der Waals surface area contributed by atoms with Crippen molar-refractivity contribution in [3.8, 4) is 5.75 Å². The Morgan fingerprint density at radius 1 is 0.944 bits per heavy atom. The number of nitrogens with zero attached hydrogens (tertiary/aromatic N) is 3. The van der Waals surface area contributed by atoms with Gasteiger partial charge in [-0.3, -0.25) is 30.3 Å². The van der Waals surface area contributed by atoms with Gasteiger partial charge in [0.15, 0.2) is 5.69 Å². The van der Waals surface area contributed by atoms with E-state index >= 15 is 0 Å². The molecule has 1 rings (SSSR count). The van der Waals surface area contributed by atoms with E-state index in [2.05, 4.69) is 0 Å². The molecule has 18 heavy (non-hydrogen) atoms. The highest BCUT2D eigenvalue weighted by molar-refractivity contribution is 5.84. The van der Waals surface area contributed by atoms with E-state index < -0.39 is 48.8 Å². The Kier molecular flexibility index (Phi) is 2.99. The Morgan fingerprint density at radius 2 is 1.33 bits per heavy atom. The molecule has 0 bridgehead atoms. The number of anilines is 1. The molecule has 0 aliphatic carbocycles. The van der Waals surface area contributed by atoms with Gasteiger partial charge in [-0.25, -0.2) is 0 Å². The average molecular weight is 258 g/mol. The quantitative estimate of drug-likeness (QED) is 0.458. The van der Waals surface area contributed by atoms with Crippen LogP contribution in [0.5, 0.6) is 5.75 Å². The number of hydrogen-bond acceptors (Lipinski definition) is 8. The summed E-state index contributed by atoms with van der Waals surface area (Å²) in [5, 5.41) is 41.4. The number of hydrogen-bond donors (Lipinski definition) is 2. The van der Waals surface area contributed by atoms with Crippen molar-refractivity contribution in [3.05, 3.63) is 35.9 Å². The summed E-state index contributed by atoms with van der Waals surface area (Å²) in [5.74, 6) is -1.30. The Hall–Kier alpha value is -2.98. The van der Waals surface area contributed by atoms with E-state index in [0.717, 1.165) is 6.92 Å². The first kappa shape index (κ1) is 13.1. The third-order valence-electron chi connectivity index (χ3n) is 2.22. The molecule has 0 aromatic heterocycles. The second-order valence-corrected chi connectivity index (χ2v) is 3.20. The maximum atomic E-state index is 10.7. The summed E-state index contributed by atoms with van der Waals surface area (Å²) in [5.41, 5.74) is 0.388. The number of nitrogen functional groups attached to an aromatic ring is 1. The van der Waals surface area contributed by atoms with Crippen LogP contribution in [0.15, 0.2) is 0 Å². The van der Waals surface area contributed by atoms with Gasteiger partial charge in [0.25, 0.3) is 5.75 Å². The summed E-state index contributed by atoms with van der Waals surface area (Å²) >= 11 is 0. The van der Waals surface area contributed by atoms with Crippen molar-refractivity contribution >= 4 is 22.7 Å². The van der Waals surface area contributed by atoms with Crippen molar-refractivity contribution in [3.63, 3.8) is 0 Å². The highest BCUT2D eigenvalue weighted by Gasteiger charge is 2.39. The maximum absolute atomic E-state index is 10.7. The molecule has 0 aliphatic heterocycles. The summed E-state index contributed by atoms with van der Waals surface area (Å²) in [7, 11) is 0. The summed E-state index contributed by atoms with van der Waals surface area (Å²) in [6, 6.07) is 0. The van der Waals surface area contributed by atoms with Crippen LogP contribution in [-0.2, 0) is 0 Å². The van der Waals surface area contributed by atoms with Gasteiger partial charge in [0.2, 0.25) is 0 Å². The van der Waals surface area contributed by atoms with E-state index in [0.29, 0.717) is 0 Å². The minimum Gasteiger partial charge on any atom is -0.497 e. The van der Waals surface area contributed by atoms with Crippen LogP contribution in [0.25, 0.3) is 0 Å². The number of benzene rings is 1. The lowest BCUT2D eigenvalue weighted by Gasteiger charge is -2.05. The van der Waals surface area contributed by atoms with Crippen LogP contribution < -0.4 is 5.73 Å². The van der Waals surface area contributed by atoms with Crippen LogP contribution in [0, 0.1) is 37.3 Å². The molecule has 0 heterocycles. The largest absolute Gasteiger partial charge is 0.497 e. The van der Waals surface area contributed by atoms with E-state index in [9.17, 15) is 35.4 Å². The Morgan fingerprint density at radius 3 is 1.67 bits per heavy atom. The summed E-state index contributed by atoms with van der Waals surface area (Å²) in [4.78, 5) is 28.5. The van der Waals surface area contributed by atoms with E-state index in [1.807, 2.05) is 0 Å². The molecule has 0 atom stereocenters. The molecule has 11 nitrogen and oxygen atoms in total. The van der Waals surface area contributed by atoms with Gasteiger partial charge in [0, 0.05) is 0 Å². The molecule has 0 amide bonds. The fourth-order valence-corrected chi connectivity index (χ4v) is 1.49. The van der Waals surface area contributed by atoms with Crippen LogP contribution in [0.4, 0.5) is 22.7 Å². The first-order valence-electron chi connectivity index (χ1n) is 4.28. The molecule has 11 heteroatoms. The van der Waals surface area contributed by atoms with Gasteiger partial charge in [0.1, 0.15) is 5.56 Å². The number of nitrogens with two attached hydrogens (primary N) is 1. The topological polar surface area (TPSA) is 176 Å². The number of aromatic hydroxyl groups is 1. The van der Waals surface area contributed by atoms with E-state index in [-0.39, 0.29) is 0 Å². The van der Waals surface area contributed by atoms with Crippen LogP contribution in [0.3, 0.4) is 0 Å². The SMILES string of the molecule is Cc1c([N+](=O)[O-])c(N)c([N+](=O)[O-])c(O)c1[N+](=O)[O-]. The van der Waals surface area contributed by atoms with Crippen molar-refractivity contribution in [2.45, 2.75) is 6.92 Å². The van der Waals surface area contributed by atoms with Gasteiger partial charge in [-0.1, -0.05) is 0 Å². The van der Waals surface area contributed by atoms with Crippen molar-refractivity contribution in [1.82, 2.24) is 0 Å². The molecule has 0 aliphatic rings. The van der Waals surface area contributed by atoms with Crippen molar-refractivity contribution < 1.29 is 19.9 Å². The first-order chi connectivity index (χ1) is 8.20. The summed E-state index contributed by atoms with van der Waals surface area (Å²) in [6.07, 6.45) is 0. The fourth-order valence-electron chi connectivity index (χ4n) is 1.49. The van der Waals surface area contributed by atoms with E-state index in [1.54, 1.807) is 0 Å². The number of nitro groups is 3. The predicted molar refractivity (Wildman–Crippen MR) is 57.2 cm³/mol. The van der Waals surface area contributed by atoms with Gasteiger partial charge in [0.05, 0.1) is 14.8 Å². The number of rotatable bonds is 3. The van der Waals surface area contributed by atoms with E-state index in [4.69, 9.17) is 5.73 Å². The minimum absolute atomic E-state index is 0.550. The fraction of sp³-hybridized carbons (Fsp3) is 0.143. The van der Waals surface area contributed by atoms with Crippen LogP contribution in [0.1, 0.15) is 5.56 Å². The standard InChI is InChI=1S/C7H6N4O7/c1-2-4(9(13)14)3(8)6(11(17)18)7(12)5(2)10(15)16/h12H,8H2,1H3. The van der Waals surface area contributed by atoms with Gasteiger partial charge in [-0.15, -0.1) is 0 Å². The molecule has 3 N–H and O–H groups in total. The summed E-state index contributed by atoms with van der Waals surface area (Å²) in [6.45, 7) is 0.968. The molecule has 0 radical (unpaired) electrons. The number of phenols is 1. The molecule has 0 spiro atoms. The van der Waals surface area contributed by atoms with Crippen molar-refractivity contribution in [2.24, 2.45) is 0 Å². The van der Waals surface area contributed by atoms with Crippen LogP contribution >= 0.6 is 0 Å². The highest BCUT2D eigenvalue weighted by Crippen LogP contribution is 2.48. The second-order valence-electron chi connectivity index (χ2n) is 3.20.